The molecule has 1 aliphatic heterocycles. The summed E-state index contributed by atoms with van der Waals surface area (Å²) >= 11 is 0. The second kappa shape index (κ2) is 6.12. The third kappa shape index (κ3) is 4.25. The molecule has 1 aromatic rings. The molecule has 1 heterocycles. The second-order valence-electron chi connectivity index (χ2n) is 6.38. The van der Waals surface area contributed by atoms with Crippen molar-refractivity contribution >= 4 is 11.6 Å². The number of benzene rings is 1. The van der Waals surface area contributed by atoms with Crippen LogP contribution in [0, 0.1) is 18.7 Å². The number of aryl methyl sites for hydroxylation is 1. The molecule has 5 heteroatoms. The van der Waals surface area contributed by atoms with Crippen LogP contribution in [0.4, 0.5) is 10.1 Å². The van der Waals surface area contributed by atoms with Gasteiger partial charge in [0.05, 0.1) is 12.1 Å². The lowest BCUT2D eigenvalue weighted by atomic mass is 9.90. The van der Waals surface area contributed by atoms with Crippen molar-refractivity contribution in [2.45, 2.75) is 32.8 Å². The van der Waals surface area contributed by atoms with Crippen LogP contribution in [0.2, 0.25) is 0 Å². The van der Waals surface area contributed by atoms with E-state index in [0.717, 1.165) is 19.5 Å². The maximum absolute atomic E-state index is 13.0. The molecule has 1 saturated heterocycles. The lowest BCUT2D eigenvalue weighted by molar-refractivity contribution is -0.117. The molecule has 1 atom stereocenters. The molecule has 21 heavy (non-hydrogen) atoms. The molecule has 116 valence electrons. The maximum Gasteiger partial charge on any atom is 0.238 e. The van der Waals surface area contributed by atoms with E-state index >= 15 is 0 Å². The highest BCUT2D eigenvalue weighted by atomic mass is 19.1. The third-order valence-electron chi connectivity index (χ3n) is 4.10. The molecule has 2 rings (SSSR count). The van der Waals surface area contributed by atoms with E-state index in [4.69, 9.17) is 0 Å². The second-order valence-corrected chi connectivity index (χ2v) is 6.38. The Hall–Kier alpha value is -1.46. The van der Waals surface area contributed by atoms with Gasteiger partial charge < -0.3 is 10.4 Å². The number of carbonyl (C=O) groups excluding carboxylic acids is 1. The fraction of sp³-hybridized carbons (Fsp3) is 0.562. The van der Waals surface area contributed by atoms with Crippen LogP contribution >= 0.6 is 0 Å². The van der Waals surface area contributed by atoms with Gasteiger partial charge in [-0.05, 0) is 57.5 Å². The molecule has 0 aliphatic carbocycles. The molecular weight excluding hydrogens is 271 g/mol. The number of aliphatic hydroxyl groups is 1. The van der Waals surface area contributed by atoms with Crippen LogP contribution < -0.4 is 5.32 Å². The molecule has 0 bridgehead atoms. The zero-order chi connectivity index (χ0) is 15.6. The number of hydrogen-bond donors (Lipinski definition) is 2. The lowest BCUT2D eigenvalue weighted by Crippen LogP contribution is -2.36. The summed E-state index contributed by atoms with van der Waals surface area (Å²) in [5, 5.41) is 12.8. The summed E-state index contributed by atoms with van der Waals surface area (Å²) in [6.45, 7) is 7.21. The van der Waals surface area contributed by atoms with Crippen molar-refractivity contribution in [3.05, 3.63) is 29.6 Å². The SMILES string of the molecule is Cc1cc(F)ccc1NC(=O)CN1CCC(C(C)(C)O)C1. The summed E-state index contributed by atoms with van der Waals surface area (Å²) in [5.41, 5.74) is 0.637. The predicted octanol–water partition coefficient (Wildman–Crippen LogP) is 2.17. The van der Waals surface area contributed by atoms with E-state index < -0.39 is 5.60 Å². The fourth-order valence-corrected chi connectivity index (χ4v) is 2.71. The minimum absolute atomic E-state index is 0.110. The first kappa shape index (κ1) is 15.9. The average Bonchev–Trinajstić information content (AvgIpc) is 2.81. The average molecular weight is 294 g/mol. The number of likely N-dealkylation sites (tertiary alicyclic amines) is 1. The van der Waals surface area contributed by atoms with Gasteiger partial charge in [0.15, 0.2) is 0 Å². The zero-order valence-electron chi connectivity index (χ0n) is 12.8. The Balaban J connectivity index is 1.88. The minimum Gasteiger partial charge on any atom is -0.390 e. The number of amides is 1. The quantitative estimate of drug-likeness (QED) is 0.895. The number of nitrogens with zero attached hydrogens (tertiary/aromatic N) is 1. The van der Waals surface area contributed by atoms with Crippen molar-refractivity contribution in [1.82, 2.24) is 4.90 Å². The summed E-state index contributed by atoms with van der Waals surface area (Å²) < 4.78 is 13.0. The van der Waals surface area contributed by atoms with Gasteiger partial charge in [0.1, 0.15) is 5.82 Å². The summed E-state index contributed by atoms with van der Waals surface area (Å²) in [6.07, 6.45) is 0.895. The summed E-state index contributed by atoms with van der Waals surface area (Å²) in [6, 6.07) is 4.31. The van der Waals surface area contributed by atoms with Crippen LogP contribution in [0.15, 0.2) is 18.2 Å². The molecule has 1 amide bonds. The van der Waals surface area contributed by atoms with Gasteiger partial charge in [-0.25, -0.2) is 4.39 Å². The Kier molecular flexibility index (Phi) is 4.64. The highest BCUT2D eigenvalue weighted by molar-refractivity contribution is 5.92. The van der Waals surface area contributed by atoms with E-state index in [-0.39, 0.29) is 17.6 Å². The summed E-state index contributed by atoms with van der Waals surface area (Å²) in [7, 11) is 0. The minimum atomic E-state index is -0.710. The van der Waals surface area contributed by atoms with Gasteiger partial charge in [0.25, 0.3) is 0 Å². The first-order valence-corrected chi connectivity index (χ1v) is 7.26. The highest BCUT2D eigenvalue weighted by Gasteiger charge is 2.33. The third-order valence-corrected chi connectivity index (χ3v) is 4.10. The van der Waals surface area contributed by atoms with E-state index in [0.29, 0.717) is 17.8 Å². The molecule has 1 fully saturated rings. The molecule has 0 spiro atoms. The monoisotopic (exact) mass is 294 g/mol. The number of nitrogens with one attached hydrogen (secondary N) is 1. The van der Waals surface area contributed by atoms with Crippen LogP contribution in [-0.2, 0) is 4.79 Å². The van der Waals surface area contributed by atoms with Crippen LogP contribution in [0.3, 0.4) is 0 Å². The van der Waals surface area contributed by atoms with Gasteiger partial charge in [-0.15, -0.1) is 0 Å². The maximum atomic E-state index is 13.0. The van der Waals surface area contributed by atoms with Gasteiger partial charge >= 0.3 is 0 Å². The van der Waals surface area contributed by atoms with Crippen LogP contribution in [0.5, 0.6) is 0 Å². The van der Waals surface area contributed by atoms with Gasteiger partial charge in [0.2, 0.25) is 5.91 Å². The number of halogens is 1. The van der Waals surface area contributed by atoms with Gasteiger partial charge in [0, 0.05) is 18.2 Å². The fourth-order valence-electron chi connectivity index (χ4n) is 2.71. The number of hydrogen-bond acceptors (Lipinski definition) is 3. The first-order chi connectivity index (χ1) is 9.75. The summed E-state index contributed by atoms with van der Waals surface area (Å²) in [4.78, 5) is 14.1. The van der Waals surface area contributed by atoms with Gasteiger partial charge in [-0.3, -0.25) is 9.69 Å². The Labute approximate surface area is 125 Å². The first-order valence-electron chi connectivity index (χ1n) is 7.26. The number of carbonyl (C=O) groups is 1. The largest absolute Gasteiger partial charge is 0.390 e. The Morgan fingerprint density at radius 2 is 2.24 bits per heavy atom. The predicted molar refractivity (Wildman–Crippen MR) is 80.6 cm³/mol. The van der Waals surface area contributed by atoms with E-state index in [1.54, 1.807) is 13.0 Å². The van der Waals surface area contributed by atoms with E-state index in [2.05, 4.69) is 5.32 Å². The van der Waals surface area contributed by atoms with E-state index in [1.807, 2.05) is 18.7 Å². The molecule has 2 N–H and O–H groups in total. The van der Waals surface area contributed by atoms with Gasteiger partial charge in [-0.1, -0.05) is 0 Å². The number of rotatable bonds is 4. The van der Waals surface area contributed by atoms with Crippen LogP contribution in [0.1, 0.15) is 25.8 Å². The Morgan fingerprint density at radius 3 is 2.81 bits per heavy atom. The standard InChI is InChI=1S/C16H23FN2O2/c1-11-8-13(17)4-5-14(11)18-15(20)10-19-7-6-12(9-19)16(2,3)21/h4-5,8,12,21H,6-7,9-10H2,1-3H3,(H,18,20). The molecule has 1 aliphatic rings. The van der Waals surface area contributed by atoms with Crippen molar-refractivity contribution in [3.8, 4) is 0 Å². The van der Waals surface area contributed by atoms with Crippen molar-refractivity contribution in [2.24, 2.45) is 5.92 Å². The smallest absolute Gasteiger partial charge is 0.238 e. The van der Waals surface area contributed by atoms with Crippen molar-refractivity contribution in [3.63, 3.8) is 0 Å². The molecular formula is C16H23FN2O2. The zero-order valence-corrected chi connectivity index (χ0v) is 12.8. The number of anilines is 1. The molecule has 1 unspecified atom stereocenters. The molecule has 0 radical (unpaired) electrons. The Bertz CT molecular complexity index is 525. The van der Waals surface area contributed by atoms with E-state index in [1.165, 1.54) is 12.1 Å². The van der Waals surface area contributed by atoms with Crippen molar-refractivity contribution < 1.29 is 14.3 Å². The van der Waals surface area contributed by atoms with Crippen LogP contribution in [0.25, 0.3) is 0 Å². The lowest BCUT2D eigenvalue weighted by Gasteiger charge is -2.25. The Morgan fingerprint density at radius 1 is 1.52 bits per heavy atom. The molecule has 1 aromatic carbocycles. The topological polar surface area (TPSA) is 52.6 Å². The van der Waals surface area contributed by atoms with Crippen molar-refractivity contribution in [1.29, 1.82) is 0 Å². The van der Waals surface area contributed by atoms with Crippen molar-refractivity contribution in [2.75, 3.05) is 25.0 Å². The van der Waals surface area contributed by atoms with Crippen LogP contribution in [-0.4, -0.2) is 41.1 Å². The molecule has 0 aromatic heterocycles. The van der Waals surface area contributed by atoms with Gasteiger partial charge in [-0.2, -0.15) is 0 Å². The van der Waals surface area contributed by atoms with E-state index in [9.17, 15) is 14.3 Å². The molecule has 0 saturated carbocycles. The molecule has 4 nitrogen and oxygen atoms in total. The summed E-state index contributed by atoms with van der Waals surface area (Å²) in [5.74, 6) is -0.225. The normalized spacial score (nSPS) is 19.8. The highest BCUT2D eigenvalue weighted by Crippen LogP contribution is 2.26.